The summed E-state index contributed by atoms with van der Waals surface area (Å²) < 4.78 is 26.8. The average Bonchev–Trinajstić information content (AvgIpc) is 2.54. The van der Waals surface area contributed by atoms with Gasteiger partial charge in [-0.05, 0) is 26.0 Å². The highest BCUT2D eigenvalue weighted by Crippen LogP contribution is 2.11. The minimum absolute atomic E-state index is 0. The lowest BCUT2D eigenvalue weighted by molar-refractivity contribution is -0.132. The Morgan fingerprint density at radius 2 is 1.92 bits per heavy atom. The van der Waals surface area contributed by atoms with E-state index in [-0.39, 0.29) is 48.0 Å². The Hall–Kier alpha value is -1.48. The standard InChI is InChI=1S/C16H23N3O4S.ClH/c1-12-11-19(10-9-17-12)16(21)7-8-18-24(22,23)15-5-3-14(4-6-15)13(2)20;/h3-6,12,17-18H,7-11H2,1-2H3;1H/t12-;/m1./s1. The largest absolute Gasteiger partial charge is 0.340 e. The third-order valence-corrected chi connectivity index (χ3v) is 5.40. The Balaban J connectivity index is 0.00000312. The number of carbonyl (C=O) groups excluding carboxylic acids is 2. The number of hydrogen-bond acceptors (Lipinski definition) is 5. The van der Waals surface area contributed by atoms with Gasteiger partial charge in [0.1, 0.15) is 0 Å². The molecule has 1 aromatic carbocycles. The van der Waals surface area contributed by atoms with Crippen molar-refractivity contribution in [2.75, 3.05) is 26.2 Å². The van der Waals surface area contributed by atoms with Crippen LogP contribution in [0.15, 0.2) is 29.2 Å². The molecule has 7 nitrogen and oxygen atoms in total. The van der Waals surface area contributed by atoms with Crippen molar-refractivity contribution in [3.8, 4) is 0 Å². The van der Waals surface area contributed by atoms with Crippen molar-refractivity contribution < 1.29 is 18.0 Å². The molecule has 1 aliphatic rings. The van der Waals surface area contributed by atoms with Crippen LogP contribution in [0.25, 0.3) is 0 Å². The van der Waals surface area contributed by atoms with Gasteiger partial charge in [-0.1, -0.05) is 12.1 Å². The number of rotatable bonds is 6. The summed E-state index contributed by atoms with van der Waals surface area (Å²) in [6.45, 7) is 5.51. The molecule has 2 rings (SSSR count). The quantitative estimate of drug-likeness (QED) is 0.701. The molecule has 9 heteroatoms. The van der Waals surface area contributed by atoms with Crippen LogP contribution in [0, 0.1) is 0 Å². The Labute approximate surface area is 154 Å². The molecular formula is C16H24ClN3O4S. The number of hydrogen-bond donors (Lipinski definition) is 2. The predicted octanol–water partition coefficient (Wildman–Crippen LogP) is 0.800. The zero-order valence-corrected chi connectivity index (χ0v) is 16.0. The van der Waals surface area contributed by atoms with Gasteiger partial charge in [0.25, 0.3) is 0 Å². The van der Waals surface area contributed by atoms with Crippen molar-refractivity contribution >= 4 is 34.1 Å². The molecule has 0 aliphatic carbocycles. The smallest absolute Gasteiger partial charge is 0.240 e. The minimum atomic E-state index is -3.68. The SMILES string of the molecule is CC(=O)c1ccc(S(=O)(=O)NCCC(=O)N2CCN[C@H](C)C2)cc1.Cl. The summed E-state index contributed by atoms with van der Waals surface area (Å²) in [6, 6.07) is 5.98. The monoisotopic (exact) mass is 389 g/mol. The topological polar surface area (TPSA) is 95.6 Å². The van der Waals surface area contributed by atoms with Crippen molar-refractivity contribution in [3.05, 3.63) is 29.8 Å². The summed E-state index contributed by atoms with van der Waals surface area (Å²) in [5.74, 6) is -0.180. The maximum atomic E-state index is 12.2. The van der Waals surface area contributed by atoms with Crippen molar-refractivity contribution in [1.82, 2.24) is 14.9 Å². The van der Waals surface area contributed by atoms with Gasteiger partial charge in [0, 0.05) is 44.2 Å². The van der Waals surface area contributed by atoms with Crippen LogP contribution in [0.4, 0.5) is 0 Å². The number of nitrogens with zero attached hydrogens (tertiary/aromatic N) is 1. The molecule has 1 saturated heterocycles. The number of carbonyl (C=O) groups is 2. The van der Waals surface area contributed by atoms with Crippen LogP contribution >= 0.6 is 12.4 Å². The van der Waals surface area contributed by atoms with Gasteiger partial charge < -0.3 is 10.2 Å². The summed E-state index contributed by atoms with van der Waals surface area (Å²) in [6.07, 6.45) is 0.122. The molecule has 140 valence electrons. The summed E-state index contributed by atoms with van der Waals surface area (Å²) in [7, 11) is -3.68. The van der Waals surface area contributed by atoms with E-state index in [2.05, 4.69) is 10.0 Å². The fourth-order valence-electron chi connectivity index (χ4n) is 2.56. The highest BCUT2D eigenvalue weighted by molar-refractivity contribution is 7.89. The minimum Gasteiger partial charge on any atom is -0.340 e. The summed E-state index contributed by atoms with van der Waals surface area (Å²) in [5.41, 5.74) is 0.456. The van der Waals surface area contributed by atoms with Gasteiger partial charge in [-0.2, -0.15) is 0 Å². The number of piperazine rings is 1. The maximum Gasteiger partial charge on any atom is 0.240 e. The first-order valence-corrected chi connectivity index (χ1v) is 9.40. The molecular weight excluding hydrogens is 366 g/mol. The van der Waals surface area contributed by atoms with Crippen molar-refractivity contribution in [2.24, 2.45) is 0 Å². The van der Waals surface area contributed by atoms with E-state index in [1.54, 1.807) is 4.90 Å². The second-order valence-corrected chi connectivity index (χ2v) is 7.69. The lowest BCUT2D eigenvalue weighted by Crippen LogP contribution is -2.51. The van der Waals surface area contributed by atoms with Gasteiger partial charge in [-0.25, -0.2) is 13.1 Å². The molecule has 1 heterocycles. The Morgan fingerprint density at radius 3 is 2.48 bits per heavy atom. The van der Waals surface area contributed by atoms with Crippen LogP contribution in [0.1, 0.15) is 30.6 Å². The number of sulfonamides is 1. The molecule has 0 spiro atoms. The maximum absolute atomic E-state index is 12.2. The van der Waals surface area contributed by atoms with Gasteiger partial charge in [0.15, 0.2) is 5.78 Å². The number of benzene rings is 1. The molecule has 0 radical (unpaired) electrons. The number of amides is 1. The Bertz CT molecular complexity index is 707. The summed E-state index contributed by atoms with van der Waals surface area (Å²) in [5, 5.41) is 3.25. The van der Waals surface area contributed by atoms with Gasteiger partial charge in [0.2, 0.25) is 15.9 Å². The van der Waals surface area contributed by atoms with E-state index in [4.69, 9.17) is 0 Å². The molecule has 1 aromatic rings. The van der Waals surface area contributed by atoms with Crippen LogP contribution in [0.2, 0.25) is 0 Å². The fourth-order valence-corrected chi connectivity index (χ4v) is 3.59. The van der Waals surface area contributed by atoms with Gasteiger partial charge in [-0.3, -0.25) is 9.59 Å². The normalized spacial score (nSPS) is 17.7. The first-order chi connectivity index (χ1) is 11.3. The van der Waals surface area contributed by atoms with E-state index < -0.39 is 10.0 Å². The molecule has 1 fully saturated rings. The molecule has 0 aromatic heterocycles. The van der Waals surface area contributed by atoms with Crippen LogP contribution < -0.4 is 10.0 Å². The highest BCUT2D eigenvalue weighted by atomic mass is 35.5. The van der Waals surface area contributed by atoms with Crippen LogP contribution in [-0.4, -0.2) is 57.2 Å². The molecule has 25 heavy (non-hydrogen) atoms. The van der Waals surface area contributed by atoms with Gasteiger partial charge in [0.05, 0.1) is 4.90 Å². The summed E-state index contributed by atoms with van der Waals surface area (Å²) in [4.78, 5) is 25.2. The molecule has 0 unspecified atom stereocenters. The van der Waals surface area contributed by atoms with E-state index in [1.807, 2.05) is 6.92 Å². The number of Topliss-reactive ketones (excluding diaryl/α,β-unsaturated/α-hetero) is 1. The second-order valence-electron chi connectivity index (χ2n) is 5.92. The van der Waals surface area contributed by atoms with Crippen LogP contribution in [-0.2, 0) is 14.8 Å². The second kappa shape index (κ2) is 9.28. The van der Waals surface area contributed by atoms with Crippen molar-refractivity contribution in [3.63, 3.8) is 0 Å². The van der Waals surface area contributed by atoms with Crippen molar-refractivity contribution in [1.29, 1.82) is 0 Å². The van der Waals surface area contributed by atoms with Crippen molar-refractivity contribution in [2.45, 2.75) is 31.2 Å². The zero-order chi connectivity index (χ0) is 17.7. The molecule has 0 bridgehead atoms. The first-order valence-electron chi connectivity index (χ1n) is 7.91. The molecule has 1 aliphatic heterocycles. The average molecular weight is 390 g/mol. The van der Waals surface area contributed by atoms with Gasteiger partial charge >= 0.3 is 0 Å². The van der Waals surface area contributed by atoms with Crippen LogP contribution in [0.3, 0.4) is 0 Å². The molecule has 1 amide bonds. The predicted molar refractivity (Wildman–Crippen MR) is 97.5 cm³/mol. The van der Waals surface area contributed by atoms with Gasteiger partial charge in [-0.15, -0.1) is 12.4 Å². The van der Waals surface area contributed by atoms with E-state index >= 15 is 0 Å². The third-order valence-electron chi connectivity index (χ3n) is 3.92. The molecule has 2 N–H and O–H groups in total. The molecule has 1 atom stereocenters. The lowest BCUT2D eigenvalue weighted by Gasteiger charge is -2.32. The van der Waals surface area contributed by atoms with Crippen LogP contribution in [0.5, 0.6) is 0 Å². The first kappa shape index (κ1) is 21.6. The number of nitrogens with one attached hydrogen (secondary N) is 2. The summed E-state index contributed by atoms with van der Waals surface area (Å²) >= 11 is 0. The lowest BCUT2D eigenvalue weighted by atomic mass is 10.2. The van der Waals surface area contributed by atoms with E-state index in [0.29, 0.717) is 18.7 Å². The number of halogens is 1. The Morgan fingerprint density at radius 1 is 1.28 bits per heavy atom. The molecule has 0 saturated carbocycles. The fraction of sp³-hybridized carbons (Fsp3) is 0.500. The number of ketones is 1. The highest BCUT2D eigenvalue weighted by Gasteiger charge is 2.21. The van der Waals surface area contributed by atoms with E-state index in [9.17, 15) is 18.0 Å². The zero-order valence-electron chi connectivity index (χ0n) is 14.3. The Kier molecular flexibility index (Phi) is 8.01. The van der Waals surface area contributed by atoms with E-state index in [1.165, 1.54) is 31.2 Å². The third kappa shape index (κ3) is 6.07. The van der Waals surface area contributed by atoms with E-state index in [0.717, 1.165) is 6.54 Å².